The van der Waals surface area contributed by atoms with Crippen molar-refractivity contribution in [2.45, 2.75) is 52.1 Å². The fourth-order valence-corrected chi connectivity index (χ4v) is 1.75. The molecule has 1 rings (SSSR count). The lowest BCUT2D eigenvalue weighted by Gasteiger charge is -2.16. The summed E-state index contributed by atoms with van der Waals surface area (Å²) in [7, 11) is 1.54. The van der Waals surface area contributed by atoms with Crippen LogP contribution >= 0.6 is 0 Å². The molecule has 0 aromatic carbocycles. The number of hydrogen-bond acceptors (Lipinski definition) is 5. The Balaban J connectivity index is 2.48. The van der Waals surface area contributed by atoms with E-state index >= 15 is 0 Å². The second-order valence-electron chi connectivity index (χ2n) is 4.38. The van der Waals surface area contributed by atoms with Gasteiger partial charge in [0.2, 0.25) is 5.75 Å². The molecule has 0 aliphatic rings. The van der Waals surface area contributed by atoms with Crippen molar-refractivity contribution in [2.24, 2.45) is 0 Å². The monoisotopic (exact) mass is 253 g/mol. The van der Waals surface area contributed by atoms with E-state index in [4.69, 9.17) is 15.2 Å². The number of methoxy groups -OCH3 is 1. The summed E-state index contributed by atoms with van der Waals surface area (Å²) in [4.78, 5) is 7.92. The molecule has 1 atom stereocenters. The third-order valence-electron chi connectivity index (χ3n) is 2.78. The number of hydrogen-bond donors (Lipinski definition) is 1. The number of nitrogen functional groups attached to an aromatic ring is 1. The highest BCUT2D eigenvalue weighted by Crippen LogP contribution is 2.29. The number of aromatic nitrogens is 2. The molecule has 5 heteroatoms. The molecule has 1 aromatic heterocycles. The standard InChI is InChI=1S/C13H23N3O2/c1-4-5-6-7-8-10(2)18-13-11(17-3)12(14)15-9-16-13/h9-10H,4-8H2,1-3H3,(H2,14,15,16). The van der Waals surface area contributed by atoms with Crippen molar-refractivity contribution in [2.75, 3.05) is 12.8 Å². The summed E-state index contributed by atoms with van der Waals surface area (Å²) >= 11 is 0. The molecule has 0 aliphatic heterocycles. The molecule has 18 heavy (non-hydrogen) atoms. The van der Waals surface area contributed by atoms with Crippen molar-refractivity contribution < 1.29 is 9.47 Å². The SMILES string of the molecule is CCCCCCC(C)Oc1ncnc(N)c1OC. The van der Waals surface area contributed by atoms with Crippen LogP contribution in [0.5, 0.6) is 11.6 Å². The number of nitrogens with zero attached hydrogens (tertiary/aromatic N) is 2. The van der Waals surface area contributed by atoms with E-state index in [1.165, 1.54) is 32.7 Å². The van der Waals surface area contributed by atoms with Crippen molar-refractivity contribution in [3.8, 4) is 11.6 Å². The van der Waals surface area contributed by atoms with E-state index in [-0.39, 0.29) is 6.10 Å². The van der Waals surface area contributed by atoms with Crippen LogP contribution in [0.15, 0.2) is 6.33 Å². The molecule has 0 amide bonds. The van der Waals surface area contributed by atoms with Gasteiger partial charge in [0.25, 0.3) is 5.88 Å². The van der Waals surface area contributed by atoms with Gasteiger partial charge < -0.3 is 15.2 Å². The molecule has 5 nitrogen and oxygen atoms in total. The number of ether oxygens (including phenoxy) is 2. The van der Waals surface area contributed by atoms with Gasteiger partial charge in [-0.1, -0.05) is 26.2 Å². The van der Waals surface area contributed by atoms with E-state index in [1.54, 1.807) is 0 Å². The average Bonchev–Trinajstić information content (AvgIpc) is 2.35. The Morgan fingerprint density at radius 1 is 1.28 bits per heavy atom. The van der Waals surface area contributed by atoms with E-state index in [9.17, 15) is 0 Å². The quantitative estimate of drug-likeness (QED) is 0.721. The first-order chi connectivity index (χ1) is 8.69. The van der Waals surface area contributed by atoms with Gasteiger partial charge in [0.15, 0.2) is 5.82 Å². The average molecular weight is 253 g/mol. The molecule has 2 N–H and O–H groups in total. The third kappa shape index (κ3) is 4.39. The smallest absolute Gasteiger partial charge is 0.262 e. The van der Waals surface area contributed by atoms with Crippen LogP contribution in [0.3, 0.4) is 0 Å². The van der Waals surface area contributed by atoms with Crippen molar-refractivity contribution in [3.63, 3.8) is 0 Å². The first-order valence-electron chi connectivity index (χ1n) is 6.50. The van der Waals surface area contributed by atoms with Crippen molar-refractivity contribution in [3.05, 3.63) is 6.33 Å². The normalized spacial score (nSPS) is 12.2. The van der Waals surface area contributed by atoms with Crippen LogP contribution in [-0.4, -0.2) is 23.2 Å². The highest BCUT2D eigenvalue weighted by Gasteiger charge is 2.13. The predicted molar refractivity (Wildman–Crippen MR) is 71.8 cm³/mol. The fourth-order valence-electron chi connectivity index (χ4n) is 1.75. The highest BCUT2D eigenvalue weighted by atomic mass is 16.5. The Labute approximate surface area is 109 Å². The summed E-state index contributed by atoms with van der Waals surface area (Å²) in [5.74, 6) is 1.14. The third-order valence-corrected chi connectivity index (χ3v) is 2.78. The summed E-state index contributed by atoms with van der Waals surface area (Å²) in [6.45, 7) is 4.23. The number of nitrogens with two attached hydrogens (primary N) is 1. The fraction of sp³-hybridized carbons (Fsp3) is 0.692. The van der Waals surface area contributed by atoms with Gasteiger partial charge in [-0.05, 0) is 19.8 Å². The molecule has 0 saturated carbocycles. The molecule has 0 fully saturated rings. The van der Waals surface area contributed by atoms with Gasteiger partial charge in [-0.15, -0.1) is 0 Å². The van der Waals surface area contributed by atoms with Crippen molar-refractivity contribution >= 4 is 5.82 Å². The van der Waals surface area contributed by atoms with Gasteiger partial charge >= 0.3 is 0 Å². The van der Waals surface area contributed by atoms with Crippen LogP contribution in [0.2, 0.25) is 0 Å². The Bertz CT molecular complexity index is 358. The number of anilines is 1. The minimum Gasteiger partial charge on any atom is -0.489 e. The number of unbranched alkanes of at least 4 members (excludes halogenated alkanes) is 3. The van der Waals surface area contributed by atoms with E-state index < -0.39 is 0 Å². The summed E-state index contributed by atoms with van der Waals surface area (Å²) in [5, 5.41) is 0. The molecule has 1 heterocycles. The molecule has 1 aromatic rings. The maximum absolute atomic E-state index is 5.74. The number of rotatable bonds is 8. The Kier molecular flexibility index (Phi) is 6.25. The zero-order valence-corrected chi connectivity index (χ0v) is 11.5. The van der Waals surface area contributed by atoms with Gasteiger partial charge in [-0.2, -0.15) is 4.98 Å². The first kappa shape index (κ1) is 14.5. The molecule has 0 radical (unpaired) electrons. The zero-order valence-electron chi connectivity index (χ0n) is 11.5. The van der Waals surface area contributed by atoms with Crippen molar-refractivity contribution in [1.82, 2.24) is 9.97 Å². The van der Waals surface area contributed by atoms with Gasteiger partial charge in [-0.3, -0.25) is 0 Å². The molecule has 102 valence electrons. The van der Waals surface area contributed by atoms with Crippen LogP contribution < -0.4 is 15.2 Å². The van der Waals surface area contributed by atoms with Gasteiger partial charge in [0.1, 0.15) is 6.33 Å². The Hall–Kier alpha value is -1.52. The van der Waals surface area contributed by atoms with Crippen LogP contribution in [0.1, 0.15) is 46.0 Å². The minimum absolute atomic E-state index is 0.102. The summed E-state index contributed by atoms with van der Waals surface area (Å²) in [5.41, 5.74) is 5.69. The second-order valence-corrected chi connectivity index (χ2v) is 4.38. The van der Waals surface area contributed by atoms with Crippen LogP contribution in [0.4, 0.5) is 5.82 Å². The van der Waals surface area contributed by atoms with Crippen LogP contribution in [0.25, 0.3) is 0 Å². The first-order valence-corrected chi connectivity index (χ1v) is 6.50. The minimum atomic E-state index is 0.102. The molecule has 0 saturated heterocycles. The van der Waals surface area contributed by atoms with E-state index in [1.807, 2.05) is 6.92 Å². The maximum Gasteiger partial charge on any atom is 0.262 e. The molecular weight excluding hydrogens is 230 g/mol. The molecule has 0 aliphatic carbocycles. The summed E-state index contributed by atoms with van der Waals surface area (Å²) in [6.07, 6.45) is 7.42. The summed E-state index contributed by atoms with van der Waals surface area (Å²) in [6, 6.07) is 0. The van der Waals surface area contributed by atoms with Gasteiger partial charge in [-0.25, -0.2) is 4.98 Å². The molecule has 0 spiro atoms. The predicted octanol–water partition coefficient (Wildman–Crippen LogP) is 2.81. The molecule has 1 unspecified atom stereocenters. The van der Waals surface area contributed by atoms with E-state index in [2.05, 4.69) is 16.9 Å². The van der Waals surface area contributed by atoms with Gasteiger partial charge in [0, 0.05) is 0 Å². The zero-order chi connectivity index (χ0) is 13.4. The lowest BCUT2D eigenvalue weighted by Crippen LogP contribution is -2.14. The van der Waals surface area contributed by atoms with Crippen LogP contribution in [-0.2, 0) is 0 Å². The topological polar surface area (TPSA) is 70.3 Å². The van der Waals surface area contributed by atoms with E-state index in [0.29, 0.717) is 17.4 Å². The van der Waals surface area contributed by atoms with Gasteiger partial charge in [0.05, 0.1) is 13.2 Å². The largest absolute Gasteiger partial charge is 0.489 e. The lowest BCUT2D eigenvalue weighted by atomic mass is 10.1. The van der Waals surface area contributed by atoms with E-state index in [0.717, 1.165) is 12.8 Å². The molecule has 0 bridgehead atoms. The van der Waals surface area contributed by atoms with Crippen LogP contribution in [0, 0.1) is 0 Å². The lowest BCUT2D eigenvalue weighted by molar-refractivity contribution is 0.189. The second kappa shape index (κ2) is 7.74. The summed E-state index contributed by atoms with van der Waals surface area (Å²) < 4.78 is 10.9. The molecular formula is C13H23N3O2. The van der Waals surface area contributed by atoms with Crippen molar-refractivity contribution in [1.29, 1.82) is 0 Å². The highest BCUT2D eigenvalue weighted by molar-refractivity contribution is 5.51. The Morgan fingerprint density at radius 2 is 2.06 bits per heavy atom. The Morgan fingerprint density at radius 3 is 2.72 bits per heavy atom. The maximum atomic E-state index is 5.74.